The predicted molar refractivity (Wildman–Crippen MR) is 109 cm³/mol. The summed E-state index contributed by atoms with van der Waals surface area (Å²) in [6.07, 6.45) is 0. The average molecular weight is 426 g/mol. The van der Waals surface area contributed by atoms with E-state index >= 15 is 0 Å². The molecule has 2 aromatic rings. The second kappa shape index (κ2) is 8.08. The first kappa shape index (κ1) is 20.6. The van der Waals surface area contributed by atoms with E-state index in [1.165, 1.54) is 0 Å². The molecule has 1 aromatic carbocycles. The number of aromatic nitrogens is 2. The maximum Gasteiger partial charge on any atom is 0.248 e. The Morgan fingerprint density at radius 3 is 2.89 bits per heavy atom. The van der Waals surface area contributed by atoms with Gasteiger partial charge in [-0.1, -0.05) is 28.9 Å². The number of nitrogens with zero attached hydrogens (tertiary/aromatic N) is 4. The summed E-state index contributed by atoms with van der Waals surface area (Å²) in [5, 5.41) is 7.78. The molecule has 0 unspecified atom stereocenters. The summed E-state index contributed by atoms with van der Waals surface area (Å²) in [6.45, 7) is 7.08. The SMILES string of the molecule is CCNC(=NCc1nc(-c2cccc(Cl)c2)no1)N1CCS(=O)(=O)C(C)(C)C1. The Labute approximate surface area is 169 Å². The van der Waals surface area contributed by atoms with Crippen LogP contribution in [0.1, 0.15) is 26.7 Å². The van der Waals surface area contributed by atoms with Crippen LogP contribution in [0.15, 0.2) is 33.8 Å². The van der Waals surface area contributed by atoms with Crippen LogP contribution in [0.2, 0.25) is 5.02 Å². The van der Waals surface area contributed by atoms with E-state index in [0.717, 1.165) is 5.56 Å². The molecule has 0 saturated carbocycles. The molecule has 0 radical (unpaired) electrons. The highest BCUT2D eigenvalue weighted by Crippen LogP contribution is 2.24. The van der Waals surface area contributed by atoms with E-state index in [2.05, 4.69) is 20.4 Å². The summed E-state index contributed by atoms with van der Waals surface area (Å²) < 4.78 is 28.9. The summed E-state index contributed by atoms with van der Waals surface area (Å²) in [7, 11) is -3.12. The molecule has 1 saturated heterocycles. The number of sulfone groups is 1. The summed E-state index contributed by atoms with van der Waals surface area (Å²) in [4.78, 5) is 10.9. The molecule has 0 aliphatic carbocycles. The third kappa shape index (κ3) is 4.47. The van der Waals surface area contributed by atoms with Gasteiger partial charge in [0.15, 0.2) is 15.8 Å². The average Bonchev–Trinajstić information content (AvgIpc) is 3.10. The number of hydrogen-bond donors (Lipinski definition) is 1. The van der Waals surface area contributed by atoms with Crippen LogP contribution < -0.4 is 5.32 Å². The normalized spacial score (nSPS) is 18.9. The first-order valence-electron chi connectivity index (χ1n) is 9.06. The van der Waals surface area contributed by atoms with E-state index in [4.69, 9.17) is 16.1 Å². The minimum absolute atomic E-state index is 0.101. The Balaban J connectivity index is 1.75. The largest absolute Gasteiger partial charge is 0.357 e. The van der Waals surface area contributed by atoms with Crippen LogP contribution in [-0.4, -0.2) is 59.6 Å². The Bertz CT molecular complexity index is 971. The van der Waals surface area contributed by atoms with Crippen molar-refractivity contribution in [1.82, 2.24) is 20.4 Å². The highest BCUT2D eigenvalue weighted by Gasteiger charge is 2.41. The fourth-order valence-corrected chi connectivity index (χ4v) is 4.51. The zero-order chi connectivity index (χ0) is 20.4. The third-order valence-corrected chi connectivity index (χ3v) is 7.36. The van der Waals surface area contributed by atoms with Gasteiger partial charge in [-0.05, 0) is 32.9 Å². The minimum atomic E-state index is -3.12. The van der Waals surface area contributed by atoms with Gasteiger partial charge in [0.2, 0.25) is 11.7 Å². The standard InChI is InChI=1S/C18H24ClN5O3S/c1-4-20-17(24-8-9-28(25,26)18(2,3)12-24)21-11-15-22-16(23-27-15)13-6-5-7-14(19)10-13/h5-7,10H,4,8-9,11-12H2,1-3H3,(H,20,21). The number of hydrogen-bond acceptors (Lipinski definition) is 6. The van der Waals surface area contributed by atoms with Gasteiger partial charge in [-0.25, -0.2) is 13.4 Å². The van der Waals surface area contributed by atoms with Gasteiger partial charge < -0.3 is 14.7 Å². The Hall–Kier alpha value is -2.13. The molecule has 28 heavy (non-hydrogen) atoms. The van der Waals surface area contributed by atoms with Crippen LogP contribution in [0.3, 0.4) is 0 Å². The highest BCUT2D eigenvalue weighted by atomic mass is 35.5. The molecule has 0 amide bonds. The van der Waals surface area contributed by atoms with Gasteiger partial charge >= 0.3 is 0 Å². The summed E-state index contributed by atoms with van der Waals surface area (Å²) >= 11 is 6.00. The molecule has 1 aliphatic heterocycles. The Morgan fingerprint density at radius 1 is 1.43 bits per heavy atom. The number of nitrogens with one attached hydrogen (secondary N) is 1. The molecule has 1 aromatic heterocycles. The fourth-order valence-electron chi connectivity index (χ4n) is 2.96. The van der Waals surface area contributed by atoms with E-state index in [9.17, 15) is 8.42 Å². The molecule has 0 bridgehead atoms. The van der Waals surface area contributed by atoms with E-state index < -0.39 is 14.6 Å². The summed E-state index contributed by atoms with van der Waals surface area (Å²) in [5.74, 6) is 1.55. The molecule has 152 valence electrons. The Kier molecular flexibility index (Phi) is 5.95. The first-order chi connectivity index (χ1) is 13.2. The van der Waals surface area contributed by atoms with Crippen LogP contribution in [0.5, 0.6) is 0 Å². The third-order valence-electron chi connectivity index (χ3n) is 4.59. The number of halogens is 1. The predicted octanol–water partition coefficient (Wildman–Crippen LogP) is 2.36. The van der Waals surface area contributed by atoms with Gasteiger partial charge in [0, 0.05) is 30.2 Å². The lowest BCUT2D eigenvalue weighted by atomic mass is 10.2. The lowest BCUT2D eigenvalue weighted by Gasteiger charge is -2.39. The smallest absolute Gasteiger partial charge is 0.248 e. The second-order valence-corrected chi connectivity index (χ2v) is 10.4. The van der Waals surface area contributed by atoms with Crippen molar-refractivity contribution in [3.63, 3.8) is 0 Å². The van der Waals surface area contributed by atoms with Gasteiger partial charge in [0.05, 0.1) is 10.5 Å². The molecular weight excluding hydrogens is 402 g/mol. The number of guanidine groups is 1. The minimum Gasteiger partial charge on any atom is -0.357 e. The van der Waals surface area contributed by atoms with E-state index in [1.54, 1.807) is 26.0 Å². The lowest BCUT2D eigenvalue weighted by Crippen LogP contribution is -2.57. The van der Waals surface area contributed by atoms with Crippen molar-refractivity contribution in [3.05, 3.63) is 35.2 Å². The van der Waals surface area contributed by atoms with Gasteiger partial charge in [-0.15, -0.1) is 0 Å². The van der Waals surface area contributed by atoms with Crippen LogP contribution in [-0.2, 0) is 16.4 Å². The molecule has 10 heteroatoms. The van der Waals surface area contributed by atoms with Crippen molar-refractivity contribution < 1.29 is 12.9 Å². The van der Waals surface area contributed by atoms with E-state index in [0.29, 0.717) is 42.3 Å². The number of benzene rings is 1. The van der Waals surface area contributed by atoms with Gasteiger partial charge in [0.1, 0.15) is 6.54 Å². The molecule has 1 fully saturated rings. The Morgan fingerprint density at radius 2 is 2.21 bits per heavy atom. The first-order valence-corrected chi connectivity index (χ1v) is 11.1. The molecule has 2 heterocycles. The molecule has 1 N–H and O–H groups in total. The maximum absolute atomic E-state index is 12.2. The second-order valence-electron chi connectivity index (χ2n) is 7.19. The lowest BCUT2D eigenvalue weighted by molar-refractivity contribution is 0.350. The van der Waals surface area contributed by atoms with Crippen LogP contribution in [0, 0.1) is 0 Å². The number of rotatable bonds is 4. The van der Waals surface area contributed by atoms with Crippen LogP contribution in [0.25, 0.3) is 11.4 Å². The van der Waals surface area contributed by atoms with Crippen molar-refractivity contribution in [2.45, 2.75) is 32.1 Å². The van der Waals surface area contributed by atoms with Gasteiger partial charge in [0.25, 0.3) is 0 Å². The molecule has 8 nitrogen and oxygen atoms in total. The van der Waals surface area contributed by atoms with Crippen molar-refractivity contribution >= 4 is 27.4 Å². The van der Waals surface area contributed by atoms with Gasteiger partial charge in [-0.3, -0.25) is 0 Å². The number of aliphatic imine (C=N–C) groups is 1. The molecule has 0 atom stereocenters. The highest BCUT2D eigenvalue weighted by molar-refractivity contribution is 7.92. The van der Waals surface area contributed by atoms with Crippen molar-refractivity contribution in [2.24, 2.45) is 4.99 Å². The van der Waals surface area contributed by atoms with Crippen molar-refractivity contribution in [3.8, 4) is 11.4 Å². The molecule has 0 spiro atoms. The maximum atomic E-state index is 12.2. The summed E-state index contributed by atoms with van der Waals surface area (Å²) in [5.41, 5.74) is 0.765. The monoisotopic (exact) mass is 425 g/mol. The van der Waals surface area contributed by atoms with Gasteiger partial charge in [-0.2, -0.15) is 4.98 Å². The van der Waals surface area contributed by atoms with E-state index in [-0.39, 0.29) is 12.3 Å². The molecular formula is C18H24ClN5O3S. The van der Waals surface area contributed by atoms with Crippen LogP contribution >= 0.6 is 11.6 Å². The van der Waals surface area contributed by atoms with Crippen molar-refractivity contribution in [1.29, 1.82) is 0 Å². The summed E-state index contributed by atoms with van der Waals surface area (Å²) in [6, 6.07) is 7.21. The van der Waals surface area contributed by atoms with Crippen molar-refractivity contribution in [2.75, 3.05) is 25.4 Å². The fraction of sp³-hybridized carbons (Fsp3) is 0.500. The molecule has 3 rings (SSSR count). The zero-order valence-corrected chi connectivity index (χ0v) is 17.7. The molecule has 1 aliphatic rings. The quantitative estimate of drug-likeness (QED) is 0.592. The zero-order valence-electron chi connectivity index (χ0n) is 16.1. The van der Waals surface area contributed by atoms with Crippen LogP contribution in [0.4, 0.5) is 0 Å². The topological polar surface area (TPSA) is 101 Å². The van der Waals surface area contributed by atoms with E-state index in [1.807, 2.05) is 24.0 Å².